The topological polar surface area (TPSA) is 43.4 Å². The lowest BCUT2D eigenvalue weighted by Crippen LogP contribution is -1.94. The van der Waals surface area contributed by atoms with Gasteiger partial charge < -0.3 is 14.8 Å². The van der Waals surface area contributed by atoms with Crippen molar-refractivity contribution in [1.82, 2.24) is 4.98 Å². The predicted octanol–water partition coefficient (Wildman–Crippen LogP) is 2.92. The minimum absolute atomic E-state index is 0.544. The van der Waals surface area contributed by atoms with Crippen LogP contribution in [0.4, 0.5) is 5.69 Å². The third-order valence-corrected chi connectivity index (χ3v) is 2.30. The number of benzene rings is 1. The minimum atomic E-state index is 0.544. The van der Waals surface area contributed by atoms with Gasteiger partial charge in [0.15, 0.2) is 11.5 Å². The Morgan fingerprint density at radius 1 is 1.12 bits per heavy atom. The van der Waals surface area contributed by atoms with Gasteiger partial charge in [-0.1, -0.05) is 6.07 Å². The Hall–Kier alpha value is -2.23. The molecule has 0 bridgehead atoms. The van der Waals surface area contributed by atoms with Crippen LogP contribution >= 0.6 is 0 Å². The SMILES string of the molecule is CNc1ccc(Oc2ccccn2)c(OC)c1. The van der Waals surface area contributed by atoms with Gasteiger partial charge in [-0.25, -0.2) is 4.98 Å². The largest absolute Gasteiger partial charge is 0.493 e. The lowest BCUT2D eigenvalue weighted by molar-refractivity contribution is 0.374. The molecule has 1 aromatic heterocycles. The fourth-order valence-corrected chi connectivity index (χ4v) is 1.43. The molecule has 0 radical (unpaired) electrons. The van der Waals surface area contributed by atoms with E-state index in [1.165, 1.54) is 0 Å². The molecule has 1 aromatic carbocycles. The number of hydrogen-bond acceptors (Lipinski definition) is 4. The summed E-state index contributed by atoms with van der Waals surface area (Å²) in [4.78, 5) is 4.10. The van der Waals surface area contributed by atoms with E-state index in [1.807, 2.05) is 37.4 Å². The van der Waals surface area contributed by atoms with Crippen LogP contribution in [0.5, 0.6) is 17.4 Å². The molecule has 0 atom stereocenters. The highest BCUT2D eigenvalue weighted by Gasteiger charge is 2.06. The molecule has 4 heteroatoms. The average Bonchev–Trinajstić information content (AvgIpc) is 2.40. The molecule has 0 aliphatic carbocycles. The highest BCUT2D eigenvalue weighted by atomic mass is 16.5. The quantitative estimate of drug-likeness (QED) is 0.877. The zero-order chi connectivity index (χ0) is 12.1. The normalized spacial score (nSPS) is 9.76. The van der Waals surface area contributed by atoms with Gasteiger partial charge in [-0.3, -0.25) is 0 Å². The fraction of sp³-hybridized carbons (Fsp3) is 0.154. The van der Waals surface area contributed by atoms with Crippen LogP contribution in [0.25, 0.3) is 0 Å². The zero-order valence-electron chi connectivity index (χ0n) is 9.81. The molecule has 1 heterocycles. The highest BCUT2D eigenvalue weighted by molar-refractivity contribution is 5.55. The van der Waals surface area contributed by atoms with Gasteiger partial charge in [0.05, 0.1) is 7.11 Å². The summed E-state index contributed by atoms with van der Waals surface area (Å²) in [7, 11) is 3.47. The molecule has 0 aliphatic rings. The van der Waals surface area contributed by atoms with Crippen molar-refractivity contribution < 1.29 is 9.47 Å². The lowest BCUT2D eigenvalue weighted by Gasteiger charge is -2.10. The highest BCUT2D eigenvalue weighted by Crippen LogP contribution is 2.32. The van der Waals surface area contributed by atoms with Crippen molar-refractivity contribution in [3.05, 3.63) is 42.6 Å². The van der Waals surface area contributed by atoms with Crippen LogP contribution in [0.15, 0.2) is 42.6 Å². The standard InChI is InChI=1S/C13H14N2O2/c1-14-10-6-7-11(12(9-10)16-2)17-13-5-3-4-8-15-13/h3-9,14H,1-2H3. The third kappa shape index (κ3) is 2.66. The summed E-state index contributed by atoms with van der Waals surface area (Å²) in [5.74, 6) is 1.86. The maximum Gasteiger partial charge on any atom is 0.219 e. The van der Waals surface area contributed by atoms with Gasteiger partial charge in [0.25, 0.3) is 0 Å². The molecule has 0 saturated carbocycles. The Labute approximate surface area is 100 Å². The van der Waals surface area contributed by atoms with Gasteiger partial charge in [0.2, 0.25) is 5.88 Å². The Bertz CT molecular complexity index is 486. The maximum atomic E-state index is 5.64. The van der Waals surface area contributed by atoms with Crippen molar-refractivity contribution in [3.63, 3.8) is 0 Å². The Balaban J connectivity index is 2.26. The molecular weight excluding hydrogens is 216 g/mol. The van der Waals surface area contributed by atoms with Crippen LogP contribution in [0.2, 0.25) is 0 Å². The number of hydrogen-bond donors (Lipinski definition) is 1. The number of ether oxygens (including phenoxy) is 2. The van der Waals surface area contributed by atoms with Crippen LogP contribution in [0.1, 0.15) is 0 Å². The minimum Gasteiger partial charge on any atom is -0.493 e. The number of rotatable bonds is 4. The average molecular weight is 230 g/mol. The molecule has 2 rings (SSSR count). The summed E-state index contributed by atoms with van der Waals surface area (Å²) in [5.41, 5.74) is 0.968. The molecule has 0 spiro atoms. The summed E-state index contributed by atoms with van der Waals surface area (Å²) < 4.78 is 10.9. The van der Waals surface area contributed by atoms with E-state index in [9.17, 15) is 0 Å². The molecule has 0 fully saturated rings. The second-order valence-electron chi connectivity index (χ2n) is 3.39. The number of aromatic nitrogens is 1. The monoisotopic (exact) mass is 230 g/mol. The van der Waals surface area contributed by atoms with Gasteiger partial charge in [-0.2, -0.15) is 0 Å². The van der Waals surface area contributed by atoms with Crippen LogP contribution in [0, 0.1) is 0 Å². The van der Waals surface area contributed by atoms with E-state index in [1.54, 1.807) is 19.4 Å². The van der Waals surface area contributed by atoms with Crippen molar-refractivity contribution in [2.24, 2.45) is 0 Å². The Kier molecular flexibility index (Phi) is 3.45. The maximum absolute atomic E-state index is 5.64. The lowest BCUT2D eigenvalue weighted by atomic mass is 10.3. The van der Waals surface area contributed by atoms with E-state index in [0.29, 0.717) is 17.4 Å². The van der Waals surface area contributed by atoms with Crippen molar-refractivity contribution >= 4 is 5.69 Å². The molecule has 88 valence electrons. The van der Waals surface area contributed by atoms with E-state index in [4.69, 9.17) is 9.47 Å². The van der Waals surface area contributed by atoms with Gasteiger partial charge in [-0.05, 0) is 18.2 Å². The number of pyridine rings is 1. The van der Waals surface area contributed by atoms with Crippen LogP contribution < -0.4 is 14.8 Å². The smallest absolute Gasteiger partial charge is 0.219 e. The first-order chi connectivity index (χ1) is 8.33. The van der Waals surface area contributed by atoms with Gasteiger partial charge in [-0.15, -0.1) is 0 Å². The van der Waals surface area contributed by atoms with E-state index >= 15 is 0 Å². The predicted molar refractivity (Wildman–Crippen MR) is 66.9 cm³/mol. The summed E-state index contributed by atoms with van der Waals surface area (Å²) in [6.07, 6.45) is 1.68. The second kappa shape index (κ2) is 5.21. The first-order valence-corrected chi connectivity index (χ1v) is 5.28. The third-order valence-electron chi connectivity index (χ3n) is 2.30. The molecule has 0 unspecified atom stereocenters. The number of methoxy groups -OCH3 is 1. The van der Waals surface area contributed by atoms with E-state index in [-0.39, 0.29) is 0 Å². The fourth-order valence-electron chi connectivity index (χ4n) is 1.43. The molecular formula is C13H14N2O2. The molecule has 2 aromatic rings. The first-order valence-electron chi connectivity index (χ1n) is 5.28. The van der Waals surface area contributed by atoms with E-state index in [2.05, 4.69) is 10.3 Å². The molecule has 0 aliphatic heterocycles. The summed E-state index contributed by atoms with van der Waals surface area (Å²) >= 11 is 0. The van der Waals surface area contributed by atoms with Crippen molar-refractivity contribution in [2.45, 2.75) is 0 Å². The van der Waals surface area contributed by atoms with Gasteiger partial charge >= 0.3 is 0 Å². The van der Waals surface area contributed by atoms with E-state index < -0.39 is 0 Å². The molecule has 4 nitrogen and oxygen atoms in total. The van der Waals surface area contributed by atoms with Crippen molar-refractivity contribution in [1.29, 1.82) is 0 Å². The number of nitrogens with zero attached hydrogens (tertiary/aromatic N) is 1. The summed E-state index contributed by atoms with van der Waals surface area (Å²) in [6, 6.07) is 11.1. The van der Waals surface area contributed by atoms with Crippen molar-refractivity contribution in [3.8, 4) is 17.4 Å². The molecule has 1 N–H and O–H groups in total. The van der Waals surface area contributed by atoms with Crippen LogP contribution in [-0.2, 0) is 0 Å². The molecule has 17 heavy (non-hydrogen) atoms. The van der Waals surface area contributed by atoms with Crippen LogP contribution in [-0.4, -0.2) is 19.1 Å². The number of anilines is 1. The molecule has 0 amide bonds. The second-order valence-corrected chi connectivity index (χ2v) is 3.39. The van der Waals surface area contributed by atoms with Gasteiger partial charge in [0.1, 0.15) is 0 Å². The summed E-state index contributed by atoms with van der Waals surface area (Å²) in [5, 5.41) is 3.04. The van der Waals surface area contributed by atoms with Crippen LogP contribution in [0.3, 0.4) is 0 Å². The van der Waals surface area contributed by atoms with Gasteiger partial charge in [0, 0.05) is 31.1 Å². The van der Waals surface area contributed by atoms with E-state index in [0.717, 1.165) is 5.69 Å². The Morgan fingerprint density at radius 3 is 2.65 bits per heavy atom. The summed E-state index contributed by atoms with van der Waals surface area (Å²) in [6.45, 7) is 0. The molecule has 0 saturated heterocycles. The van der Waals surface area contributed by atoms with Crippen molar-refractivity contribution in [2.75, 3.05) is 19.5 Å². The Morgan fingerprint density at radius 2 is 2.00 bits per heavy atom. The zero-order valence-corrected chi connectivity index (χ0v) is 9.81. The first kappa shape index (κ1) is 11.3. The number of nitrogens with one attached hydrogen (secondary N) is 1.